The van der Waals surface area contributed by atoms with E-state index in [1.165, 1.54) is 7.11 Å². The first-order chi connectivity index (χ1) is 9.58. The van der Waals surface area contributed by atoms with Crippen LogP contribution < -0.4 is 9.46 Å². The fraction of sp³-hybridized carbons (Fsp3) is 0.308. The third-order valence-electron chi connectivity index (χ3n) is 2.81. The van der Waals surface area contributed by atoms with Crippen molar-refractivity contribution < 1.29 is 13.2 Å². The average Bonchev–Trinajstić information content (AvgIpc) is 2.95. The molecular weight excluding hydrogens is 296 g/mol. The Balaban J connectivity index is 2.27. The molecule has 0 saturated carbocycles. The van der Waals surface area contributed by atoms with Crippen LogP contribution in [0, 0.1) is 0 Å². The number of pyridine rings is 1. The maximum Gasteiger partial charge on any atom is 0.254 e. The Morgan fingerprint density at radius 3 is 2.80 bits per heavy atom. The SMILES string of the molecule is CC[C@@H](NS(=O)(=O)c1sccc1OC)c1ccccn1. The summed E-state index contributed by atoms with van der Waals surface area (Å²) < 4.78 is 32.7. The van der Waals surface area contributed by atoms with E-state index in [0.717, 1.165) is 11.3 Å². The molecule has 0 radical (unpaired) electrons. The van der Waals surface area contributed by atoms with E-state index in [-0.39, 0.29) is 10.3 Å². The van der Waals surface area contributed by atoms with Gasteiger partial charge in [0.25, 0.3) is 10.0 Å². The summed E-state index contributed by atoms with van der Waals surface area (Å²) >= 11 is 1.13. The van der Waals surface area contributed by atoms with Gasteiger partial charge in [0.1, 0.15) is 5.75 Å². The van der Waals surface area contributed by atoms with Gasteiger partial charge in [-0.05, 0) is 30.0 Å². The van der Waals surface area contributed by atoms with Crippen LogP contribution in [0.4, 0.5) is 0 Å². The lowest BCUT2D eigenvalue weighted by atomic mass is 10.1. The van der Waals surface area contributed by atoms with Crippen molar-refractivity contribution in [1.29, 1.82) is 0 Å². The molecule has 0 bridgehead atoms. The van der Waals surface area contributed by atoms with Gasteiger partial charge in [-0.25, -0.2) is 13.1 Å². The number of sulfonamides is 1. The summed E-state index contributed by atoms with van der Waals surface area (Å²) in [6.45, 7) is 1.91. The molecule has 2 heterocycles. The molecule has 2 rings (SSSR count). The summed E-state index contributed by atoms with van der Waals surface area (Å²) in [4.78, 5) is 4.20. The Morgan fingerprint density at radius 2 is 2.20 bits per heavy atom. The van der Waals surface area contributed by atoms with Crippen LogP contribution in [-0.4, -0.2) is 20.5 Å². The van der Waals surface area contributed by atoms with Crippen LogP contribution >= 0.6 is 11.3 Å². The van der Waals surface area contributed by atoms with Crippen molar-refractivity contribution in [1.82, 2.24) is 9.71 Å². The quantitative estimate of drug-likeness (QED) is 0.890. The first-order valence-corrected chi connectivity index (χ1v) is 8.49. The molecule has 0 saturated heterocycles. The molecule has 1 N–H and O–H groups in total. The van der Waals surface area contributed by atoms with Gasteiger partial charge >= 0.3 is 0 Å². The Labute approximate surface area is 122 Å². The molecule has 0 aliphatic rings. The second-order valence-electron chi connectivity index (χ2n) is 4.11. The zero-order chi connectivity index (χ0) is 14.6. The molecular formula is C13H16N2O3S2. The maximum absolute atomic E-state index is 12.4. The third kappa shape index (κ3) is 3.17. The minimum Gasteiger partial charge on any atom is -0.494 e. The van der Waals surface area contributed by atoms with E-state index in [1.54, 1.807) is 23.7 Å². The molecule has 2 aromatic heterocycles. The van der Waals surface area contributed by atoms with Crippen LogP contribution in [0.3, 0.4) is 0 Å². The summed E-state index contributed by atoms with van der Waals surface area (Å²) in [6.07, 6.45) is 2.27. The van der Waals surface area contributed by atoms with Gasteiger partial charge in [0.15, 0.2) is 4.21 Å². The molecule has 20 heavy (non-hydrogen) atoms. The van der Waals surface area contributed by atoms with Crippen LogP contribution in [0.2, 0.25) is 0 Å². The monoisotopic (exact) mass is 312 g/mol. The van der Waals surface area contributed by atoms with Gasteiger partial charge in [0.2, 0.25) is 0 Å². The molecule has 2 aromatic rings. The summed E-state index contributed by atoms with van der Waals surface area (Å²) in [5.74, 6) is 0.360. The first-order valence-electron chi connectivity index (χ1n) is 6.13. The van der Waals surface area contributed by atoms with Crippen molar-refractivity contribution in [3.63, 3.8) is 0 Å². The fourth-order valence-electron chi connectivity index (χ4n) is 1.81. The predicted octanol–water partition coefficient (Wildman–Crippen LogP) is 2.58. The number of methoxy groups -OCH3 is 1. The van der Waals surface area contributed by atoms with Gasteiger partial charge in [0, 0.05) is 6.20 Å². The molecule has 7 heteroatoms. The second-order valence-corrected chi connectivity index (χ2v) is 6.94. The van der Waals surface area contributed by atoms with E-state index in [9.17, 15) is 8.42 Å². The lowest BCUT2D eigenvalue weighted by molar-refractivity contribution is 0.406. The lowest BCUT2D eigenvalue weighted by Crippen LogP contribution is -2.28. The number of rotatable bonds is 6. The van der Waals surface area contributed by atoms with Gasteiger partial charge in [-0.15, -0.1) is 11.3 Å². The maximum atomic E-state index is 12.4. The number of nitrogens with zero attached hydrogens (tertiary/aromatic N) is 1. The van der Waals surface area contributed by atoms with Gasteiger partial charge in [-0.2, -0.15) is 0 Å². The van der Waals surface area contributed by atoms with E-state index in [2.05, 4.69) is 9.71 Å². The second kappa shape index (κ2) is 6.34. The minimum absolute atomic E-state index is 0.189. The van der Waals surface area contributed by atoms with Crippen LogP contribution in [0.15, 0.2) is 40.1 Å². The molecule has 0 unspecified atom stereocenters. The van der Waals surface area contributed by atoms with E-state index >= 15 is 0 Å². The highest BCUT2D eigenvalue weighted by Crippen LogP contribution is 2.30. The zero-order valence-electron chi connectivity index (χ0n) is 11.2. The molecule has 0 spiro atoms. The molecule has 108 valence electrons. The highest BCUT2D eigenvalue weighted by molar-refractivity contribution is 7.91. The van der Waals surface area contributed by atoms with Crippen molar-refractivity contribution in [2.75, 3.05) is 7.11 Å². The first kappa shape index (κ1) is 15.0. The topological polar surface area (TPSA) is 68.3 Å². The number of hydrogen-bond donors (Lipinski definition) is 1. The smallest absolute Gasteiger partial charge is 0.254 e. The van der Waals surface area contributed by atoms with Gasteiger partial charge in [-0.1, -0.05) is 13.0 Å². The largest absolute Gasteiger partial charge is 0.494 e. The van der Waals surface area contributed by atoms with Crippen LogP contribution in [-0.2, 0) is 10.0 Å². The summed E-state index contributed by atoms with van der Waals surface area (Å²) in [7, 11) is -2.16. The molecule has 0 aliphatic carbocycles. The Kier molecular flexibility index (Phi) is 4.74. The van der Waals surface area contributed by atoms with E-state index in [0.29, 0.717) is 17.9 Å². The van der Waals surface area contributed by atoms with Crippen LogP contribution in [0.5, 0.6) is 5.75 Å². The Bertz CT molecular complexity index is 653. The zero-order valence-corrected chi connectivity index (χ0v) is 12.9. The highest BCUT2D eigenvalue weighted by Gasteiger charge is 2.25. The normalized spacial score (nSPS) is 13.1. The van der Waals surface area contributed by atoms with Crippen molar-refractivity contribution in [2.45, 2.75) is 23.6 Å². The Morgan fingerprint density at radius 1 is 1.40 bits per heavy atom. The highest BCUT2D eigenvalue weighted by atomic mass is 32.2. The van der Waals surface area contributed by atoms with E-state index in [1.807, 2.05) is 19.1 Å². The summed E-state index contributed by atoms with van der Waals surface area (Å²) in [5, 5.41) is 1.69. The van der Waals surface area contributed by atoms with Crippen LogP contribution in [0.25, 0.3) is 0 Å². The predicted molar refractivity (Wildman–Crippen MR) is 78.5 cm³/mol. The van der Waals surface area contributed by atoms with Crippen molar-refractivity contribution in [3.05, 3.63) is 41.5 Å². The number of ether oxygens (including phenoxy) is 1. The van der Waals surface area contributed by atoms with Gasteiger partial charge < -0.3 is 4.74 Å². The fourth-order valence-corrected chi connectivity index (χ4v) is 4.39. The molecule has 1 atom stereocenters. The van der Waals surface area contributed by atoms with Gasteiger partial charge in [0.05, 0.1) is 18.8 Å². The Hall–Kier alpha value is -1.44. The molecule has 5 nitrogen and oxygen atoms in total. The standard InChI is InChI=1S/C13H16N2O3S2/c1-3-10(11-6-4-5-8-14-11)15-20(16,17)13-12(18-2)7-9-19-13/h4-10,15H,3H2,1-2H3/t10-/m1/s1. The average molecular weight is 312 g/mol. The number of aromatic nitrogens is 1. The number of hydrogen-bond acceptors (Lipinski definition) is 5. The summed E-state index contributed by atoms with van der Waals surface area (Å²) in [5.41, 5.74) is 0.703. The number of thiophene rings is 1. The minimum atomic E-state index is -3.62. The third-order valence-corrected chi connectivity index (χ3v) is 5.73. The van der Waals surface area contributed by atoms with Crippen LogP contribution in [0.1, 0.15) is 25.1 Å². The van der Waals surface area contributed by atoms with Crippen molar-refractivity contribution in [3.8, 4) is 5.75 Å². The van der Waals surface area contributed by atoms with E-state index in [4.69, 9.17) is 4.74 Å². The number of nitrogens with one attached hydrogen (secondary N) is 1. The van der Waals surface area contributed by atoms with Gasteiger partial charge in [-0.3, -0.25) is 4.98 Å². The molecule has 0 amide bonds. The summed E-state index contributed by atoms with van der Waals surface area (Å²) in [6, 6.07) is 6.73. The molecule has 0 fully saturated rings. The van der Waals surface area contributed by atoms with Crippen molar-refractivity contribution >= 4 is 21.4 Å². The van der Waals surface area contributed by atoms with E-state index < -0.39 is 10.0 Å². The molecule has 0 aromatic carbocycles. The lowest BCUT2D eigenvalue weighted by Gasteiger charge is -2.16. The molecule has 0 aliphatic heterocycles. The van der Waals surface area contributed by atoms with Crippen molar-refractivity contribution in [2.24, 2.45) is 0 Å².